The molecule has 0 radical (unpaired) electrons. The van der Waals surface area contributed by atoms with Gasteiger partial charge < -0.3 is 0 Å². The quantitative estimate of drug-likeness (QED) is 0.108. The molecule has 0 aromatic heterocycles. The third-order valence-electron chi connectivity index (χ3n) is 6.18. The number of rotatable bonds is 12. The molecule has 0 aliphatic rings. The van der Waals surface area contributed by atoms with Crippen molar-refractivity contribution in [2.24, 2.45) is 0 Å². The van der Waals surface area contributed by atoms with Crippen molar-refractivity contribution in [3.8, 4) is 0 Å². The highest BCUT2D eigenvalue weighted by Crippen LogP contribution is 2.71. The molecule has 0 aliphatic carbocycles. The lowest BCUT2D eigenvalue weighted by Crippen LogP contribution is -2.43. The van der Waals surface area contributed by atoms with Crippen molar-refractivity contribution in [3.63, 3.8) is 0 Å². The molecule has 0 bridgehead atoms. The third kappa shape index (κ3) is 7.79. The van der Waals surface area contributed by atoms with E-state index in [4.69, 9.17) is 4.18 Å². The molecule has 1 atom stereocenters. The Morgan fingerprint density at radius 3 is 1.49 bits per heavy atom. The number of alkyl halides is 3. The molecular weight excluding hydrogens is 738 g/mol. The molecule has 0 saturated carbocycles. The van der Waals surface area contributed by atoms with Crippen LogP contribution in [0, 0.1) is 3.57 Å². The van der Waals surface area contributed by atoms with Gasteiger partial charge in [0.1, 0.15) is 0 Å². The Labute approximate surface area is 264 Å². The van der Waals surface area contributed by atoms with Gasteiger partial charge in [-0.1, -0.05) is 71.7 Å². The summed E-state index contributed by atoms with van der Waals surface area (Å²) in [4.78, 5) is 0.936. The first-order valence-electron chi connectivity index (χ1n) is 12.8. The van der Waals surface area contributed by atoms with Gasteiger partial charge in [0.25, 0.3) is 10.1 Å². The third-order valence-corrected chi connectivity index (χ3v) is 14.2. The molecule has 4 rings (SSSR count). The maximum atomic E-state index is 13.8. The topological polar surface area (TPSA) is 90.0 Å². The molecule has 1 unspecified atom stereocenters. The van der Waals surface area contributed by atoms with E-state index in [0.717, 1.165) is 3.57 Å². The summed E-state index contributed by atoms with van der Waals surface area (Å²) in [5.74, 6) is 0. The average molecular weight is 766 g/mol. The van der Waals surface area contributed by atoms with Gasteiger partial charge in [-0.2, -0.15) is 21.0 Å². The first-order valence-corrected chi connectivity index (χ1v) is 18.2. The molecule has 0 saturated heterocycles. The van der Waals surface area contributed by atoms with Crippen LogP contribution in [0.2, 0.25) is 0 Å². The van der Waals surface area contributed by atoms with Crippen LogP contribution in [-0.2, 0) is 28.8 Å². The minimum atomic E-state index is -5.64. The summed E-state index contributed by atoms with van der Waals surface area (Å²) in [5.41, 5.74) is 0. The van der Waals surface area contributed by atoms with Crippen molar-refractivity contribution in [1.29, 1.82) is 0 Å². The summed E-state index contributed by atoms with van der Waals surface area (Å²) in [6.07, 6.45) is -7.02. The number of hydrogen-bond acceptors (Lipinski definition) is 6. The predicted molar refractivity (Wildman–Crippen MR) is 166 cm³/mol. The summed E-state index contributed by atoms with van der Waals surface area (Å²) in [5, 5.41) is 0. The van der Waals surface area contributed by atoms with Gasteiger partial charge in [0.15, 0.2) is 0 Å². The second kappa shape index (κ2) is 13.7. The van der Waals surface area contributed by atoms with Gasteiger partial charge in [-0.25, -0.2) is 0 Å². The summed E-state index contributed by atoms with van der Waals surface area (Å²) < 4.78 is 106. The van der Waals surface area contributed by atoms with Crippen LogP contribution in [0.5, 0.6) is 0 Å². The molecule has 0 heterocycles. The molecular formula is C29H27F3INO6S3. The second-order valence-electron chi connectivity index (χ2n) is 9.03. The van der Waals surface area contributed by atoms with Crippen molar-refractivity contribution in [2.75, 3.05) is 6.54 Å². The van der Waals surface area contributed by atoms with E-state index in [-0.39, 0.29) is 11.3 Å². The van der Waals surface area contributed by atoms with Crippen LogP contribution >= 0.6 is 32.8 Å². The van der Waals surface area contributed by atoms with Crippen LogP contribution in [0.3, 0.4) is 0 Å². The van der Waals surface area contributed by atoms with E-state index in [1.165, 1.54) is 12.1 Å². The normalized spacial score (nSPS) is 14.0. The van der Waals surface area contributed by atoms with E-state index < -0.39 is 49.6 Å². The highest BCUT2D eigenvalue weighted by Gasteiger charge is 2.50. The molecule has 4 aromatic carbocycles. The van der Waals surface area contributed by atoms with Crippen LogP contribution in [0.1, 0.15) is 13.3 Å². The minimum Gasteiger partial charge on any atom is -0.262 e. The van der Waals surface area contributed by atoms with Crippen LogP contribution in [0.15, 0.2) is 135 Å². The molecule has 230 valence electrons. The number of benzene rings is 4. The Kier molecular flexibility index (Phi) is 10.6. The zero-order valence-electron chi connectivity index (χ0n) is 22.6. The van der Waals surface area contributed by atoms with Crippen LogP contribution in [0.4, 0.5) is 13.2 Å². The zero-order chi connectivity index (χ0) is 31.3. The van der Waals surface area contributed by atoms with Gasteiger partial charge in [-0.3, -0.25) is 4.18 Å². The number of hydrogen-bond donors (Lipinski definition) is 0. The van der Waals surface area contributed by atoms with E-state index in [0.29, 0.717) is 18.4 Å². The molecule has 0 fully saturated rings. The van der Waals surface area contributed by atoms with Crippen LogP contribution in [-0.4, -0.2) is 39.6 Å². The van der Waals surface area contributed by atoms with E-state index in [9.17, 15) is 30.0 Å². The van der Waals surface area contributed by atoms with E-state index in [2.05, 4.69) is 4.18 Å². The van der Waals surface area contributed by atoms with Gasteiger partial charge in [0.2, 0.25) is 0 Å². The predicted octanol–water partition coefficient (Wildman–Crippen LogP) is 7.76. The Bertz CT molecular complexity index is 1610. The Morgan fingerprint density at radius 2 is 1.12 bits per heavy atom. The SMILES string of the molecule is CCC(CN(S(c1ccccc1)(c1ccccc1)c1ccccc1)S(=O)(=O)OC(F)(F)F)OS(=O)(=O)c1ccc(I)cc1. The van der Waals surface area contributed by atoms with Crippen molar-refractivity contribution in [2.45, 2.75) is 45.4 Å². The van der Waals surface area contributed by atoms with E-state index >= 15 is 0 Å². The van der Waals surface area contributed by atoms with Gasteiger partial charge >= 0.3 is 16.7 Å². The highest BCUT2D eigenvalue weighted by atomic mass is 127. The molecule has 7 nitrogen and oxygen atoms in total. The second-order valence-corrected chi connectivity index (χ2v) is 16.6. The van der Waals surface area contributed by atoms with E-state index in [1.807, 2.05) is 22.6 Å². The summed E-state index contributed by atoms with van der Waals surface area (Å²) in [6, 6.07) is 30.5. The summed E-state index contributed by atoms with van der Waals surface area (Å²) in [7, 11) is -13.4. The summed E-state index contributed by atoms with van der Waals surface area (Å²) >= 11 is 2.01. The molecule has 14 heteroatoms. The largest absolute Gasteiger partial charge is 0.538 e. The van der Waals surface area contributed by atoms with E-state index in [1.54, 1.807) is 110 Å². The van der Waals surface area contributed by atoms with Crippen LogP contribution in [0.25, 0.3) is 0 Å². The first-order chi connectivity index (χ1) is 20.3. The highest BCUT2D eigenvalue weighted by molar-refractivity contribution is 14.1. The fourth-order valence-electron chi connectivity index (χ4n) is 4.34. The van der Waals surface area contributed by atoms with Crippen molar-refractivity contribution >= 4 is 53.2 Å². The Morgan fingerprint density at radius 1 is 0.698 bits per heavy atom. The number of halogens is 4. The van der Waals surface area contributed by atoms with Gasteiger partial charge in [0.05, 0.1) is 17.5 Å². The van der Waals surface area contributed by atoms with Crippen molar-refractivity contribution in [1.82, 2.24) is 3.71 Å². The molecule has 4 aromatic rings. The lowest BCUT2D eigenvalue weighted by Gasteiger charge is -2.48. The minimum absolute atomic E-state index is 0.0600. The molecule has 0 aliphatic heterocycles. The maximum Gasteiger partial charge on any atom is 0.538 e. The molecule has 0 spiro atoms. The van der Waals surface area contributed by atoms with Crippen LogP contribution < -0.4 is 0 Å². The lowest BCUT2D eigenvalue weighted by atomic mass is 10.3. The molecule has 43 heavy (non-hydrogen) atoms. The Balaban J connectivity index is 1.99. The molecule has 0 amide bonds. The van der Waals surface area contributed by atoms with Crippen molar-refractivity contribution < 1.29 is 38.4 Å². The van der Waals surface area contributed by atoms with Gasteiger partial charge in [-0.05, 0) is 89.7 Å². The summed E-state index contributed by atoms with van der Waals surface area (Å²) in [6.45, 7) is 0.765. The Hall–Kier alpha value is -2.47. The zero-order valence-corrected chi connectivity index (χ0v) is 27.2. The maximum absolute atomic E-state index is 13.8. The van der Waals surface area contributed by atoms with Crippen molar-refractivity contribution in [3.05, 3.63) is 119 Å². The lowest BCUT2D eigenvalue weighted by molar-refractivity contribution is -0.273. The monoisotopic (exact) mass is 765 g/mol. The fourth-order valence-corrected chi connectivity index (χ4v) is 12.0. The number of nitrogens with zero attached hydrogens (tertiary/aromatic N) is 1. The van der Waals surface area contributed by atoms with Gasteiger partial charge in [0, 0.05) is 18.3 Å². The fraction of sp³-hybridized carbons (Fsp3) is 0.172. The first kappa shape index (κ1) is 33.4. The molecule has 0 N–H and O–H groups in total. The standard InChI is InChI=1S/C29H27F3INO6S3/c1-2-24(39-42(35,36)28-20-18-23(33)19-21-28)22-34(43(37,38)40-29(30,31)32)41(25-12-6-3-7-13-25,26-14-8-4-9-15-26)27-16-10-5-11-17-27/h3-21,24H,2,22H2,1H3. The smallest absolute Gasteiger partial charge is 0.262 e. The average Bonchev–Trinajstić information content (AvgIpc) is 2.97. The van der Waals surface area contributed by atoms with Gasteiger partial charge in [-0.15, -0.1) is 16.9 Å².